The minimum absolute atomic E-state index is 0.0388. The number of hydrogen-bond acceptors (Lipinski definition) is 4. The summed E-state index contributed by atoms with van der Waals surface area (Å²) in [5.41, 5.74) is 0.820. The minimum Gasteiger partial charge on any atom is -0.339 e. The van der Waals surface area contributed by atoms with Crippen molar-refractivity contribution in [3.8, 4) is 0 Å². The van der Waals surface area contributed by atoms with Crippen LogP contribution in [0.1, 0.15) is 51.6 Å². The van der Waals surface area contributed by atoms with Crippen molar-refractivity contribution in [2.24, 2.45) is 5.92 Å². The lowest BCUT2D eigenvalue weighted by Gasteiger charge is -2.20. The largest absolute Gasteiger partial charge is 0.339 e. The summed E-state index contributed by atoms with van der Waals surface area (Å²) in [6.45, 7) is 10.3. The van der Waals surface area contributed by atoms with Gasteiger partial charge in [-0.1, -0.05) is 13.8 Å². The zero-order valence-electron chi connectivity index (χ0n) is 13.9. The average Bonchev–Trinajstić information content (AvgIpc) is 2.80. The maximum atomic E-state index is 12.4. The van der Waals surface area contributed by atoms with E-state index in [1.54, 1.807) is 11.0 Å². The molecule has 0 bridgehead atoms. The van der Waals surface area contributed by atoms with E-state index in [0.29, 0.717) is 18.2 Å². The van der Waals surface area contributed by atoms with Gasteiger partial charge in [-0.15, -0.1) is 0 Å². The van der Waals surface area contributed by atoms with E-state index in [1.165, 1.54) is 0 Å². The average molecular weight is 304 g/mol. The summed E-state index contributed by atoms with van der Waals surface area (Å²) in [5.74, 6) is 0.993. The molecule has 1 aromatic rings. The monoisotopic (exact) mass is 304 g/mol. The summed E-state index contributed by atoms with van der Waals surface area (Å²) in [6.07, 6.45) is 0.269. The predicted molar refractivity (Wildman–Crippen MR) is 84.4 cm³/mol. The van der Waals surface area contributed by atoms with Gasteiger partial charge in [-0.25, -0.2) is 9.97 Å². The van der Waals surface area contributed by atoms with Gasteiger partial charge in [-0.05, 0) is 20.8 Å². The number of rotatable bonds is 4. The molecular weight excluding hydrogens is 280 g/mol. The normalized spacial score (nSPS) is 18.4. The molecule has 0 spiro atoms. The van der Waals surface area contributed by atoms with E-state index in [1.807, 2.05) is 34.6 Å². The van der Waals surface area contributed by atoms with Gasteiger partial charge in [0.15, 0.2) is 0 Å². The van der Waals surface area contributed by atoms with Crippen molar-refractivity contribution in [2.75, 3.05) is 11.9 Å². The third-order valence-corrected chi connectivity index (χ3v) is 3.79. The highest BCUT2D eigenvalue weighted by Gasteiger charge is 2.35. The van der Waals surface area contributed by atoms with Crippen LogP contribution in [0.3, 0.4) is 0 Å². The molecule has 1 unspecified atom stereocenters. The fourth-order valence-corrected chi connectivity index (χ4v) is 2.55. The van der Waals surface area contributed by atoms with Crippen LogP contribution in [0.15, 0.2) is 6.07 Å². The Morgan fingerprint density at radius 2 is 2.00 bits per heavy atom. The Morgan fingerprint density at radius 1 is 1.32 bits per heavy atom. The molecule has 2 rings (SSSR count). The van der Waals surface area contributed by atoms with E-state index < -0.39 is 0 Å². The van der Waals surface area contributed by atoms with Gasteiger partial charge in [0.25, 0.3) is 0 Å². The molecule has 2 heterocycles. The molecule has 0 aliphatic carbocycles. The Morgan fingerprint density at radius 3 is 2.55 bits per heavy atom. The van der Waals surface area contributed by atoms with Crippen molar-refractivity contribution in [3.05, 3.63) is 17.6 Å². The highest BCUT2D eigenvalue weighted by molar-refractivity contribution is 5.96. The lowest BCUT2D eigenvalue weighted by molar-refractivity contribution is -0.129. The quantitative estimate of drug-likeness (QED) is 0.924. The van der Waals surface area contributed by atoms with E-state index >= 15 is 0 Å². The maximum Gasteiger partial charge on any atom is 0.230 e. The molecule has 0 radical (unpaired) electrons. The number of nitrogens with one attached hydrogen (secondary N) is 1. The molecule has 1 atom stereocenters. The number of carbonyl (C=O) groups excluding carboxylic acids is 2. The number of aromatic nitrogens is 2. The van der Waals surface area contributed by atoms with Crippen LogP contribution in [0.2, 0.25) is 0 Å². The van der Waals surface area contributed by atoms with Crippen LogP contribution in [0.4, 0.5) is 5.82 Å². The molecule has 0 aromatic carbocycles. The fourth-order valence-electron chi connectivity index (χ4n) is 2.55. The van der Waals surface area contributed by atoms with Gasteiger partial charge in [-0.2, -0.15) is 0 Å². The molecule has 1 saturated heterocycles. The van der Waals surface area contributed by atoms with Crippen LogP contribution in [0, 0.1) is 12.8 Å². The molecule has 1 aromatic heterocycles. The Kier molecular flexibility index (Phi) is 4.78. The number of amides is 2. The second-order valence-corrected chi connectivity index (χ2v) is 6.44. The van der Waals surface area contributed by atoms with Crippen LogP contribution in [-0.4, -0.2) is 39.3 Å². The number of hydrogen-bond donors (Lipinski definition) is 1. The molecule has 0 saturated carbocycles. The maximum absolute atomic E-state index is 12.4. The number of carbonyl (C=O) groups is 2. The van der Waals surface area contributed by atoms with Crippen molar-refractivity contribution >= 4 is 17.6 Å². The first-order chi connectivity index (χ1) is 10.3. The first-order valence-electron chi connectivity index (χ1n) is 7.73. The van der Waals surface area contributed by atoms with E-state index in [4.69, 9.17) is 0 Å². The topological polar surface area (TPSA) is 75.2 Å². The van der Waals surface area contributed by atoms with Gasteiger partial charge >= 0.3 is 0 Å². The highest BCUT2D eigenvalue weighted by Crippen LogP contribution is 2.22. The van der Waals surface area contributed by atoms with Gasteiger partial charge in [-0.3, -0.25) is 9.59 Å². The number of aryl methyl sites for hydroxylation is 1. The second kappa shape index (κ2) is 6.42. The Balaban J connectivity index is 2.08. The molecule has 6 nitrogen and oxygen atoms in total. The first-order valence-corrected chi connectivity index (χ1v) is 7.73. The number of anilines is 1. The number of nitrogens with zero attached hydrogens (tertiary/aromatic N) is 3. The van der Waals surface area contributed by atoms with Crippen molar-refractivity contribution < 1.29 is 9.59 Å². The van der Waals surface area contributed by atoms with Crippen molar-refractivity contribution in [1.82, 2.24) is 14.9 Å². The zero-order chi connectivity index (χ0) is 16.4. The third-order valence-electron chi connectivity index (χ3n) is 3.79. The lowest BCUT2D eigenvalue weighted by atomic mass is 10.1. The summed E-state index contributed by atoms with van der Waals surface area (Å²) in [4.78, 5) is 34.8. The lowest BCUT2D eigenvalue weighted by Crippen LogP contribution is -2.33. The molecular formula is C16H24N4O2. The minimum atomic E-state index is -0.312. The molecule has 22 heavy (non-hydrogen) atoms. The van der Waals surface area contributed by atoms with Crippen LogP contribution in [0.25, 0.3) is 0 Å². The highest BCUT2D eigenvalue weighted by atomic mass is 16.2. The smallest absolute Gasteiger partial charge is 0.230 e. The Hall–Kier alpha value is -1.98. The van der Waals surface area contributed by atoms with Crippen molar-refractivity contribution in [2.45, 2.75) is 53.0 Å². The summed E-state index contributed by atoms with van der Waals surface area (Å²) >= 11 is 0. The van der Waals surface area contributed by atoms with Crippen molar-refractivity contribution in [1.29, 1.82) is 0 Å². The molecule has 1 fully saturated rings. The van der Waals surface area contributed by atoms with Crippen LogP contribution in [0.5, 0.6) is 0 Å². The standard InChI is InChI=1S/C16H24N4O2/c1-9(2)15-17-11(5)6-13(18-15)19-16(22)12-7-14(21)20(8-12)10(3)4/h6,9-10,12H,7-8H2,1-5H3,(H,17,18,19,22). The summed E-state index contributed by atoms with van der Waals surface area (Å²) in [6, 6.07) is 1.87. The molecule has 1 aliphatic heterocycles. The van der Waals surface area contributed by atoms with Crippen LogP contribution < -0.4 is 5.32 Å². The molecule has 2 amide bonds. The fraction of sp³-hybridized carbons (Fsp3) is 0.625. The molecule has 1 aliphatic rings. The van der Waals surface area contributed by atoms with Crippen LogP contribution in [-0.2, 0) is 9.59 Å². The third kappa shape index (κ3) is 3.61. The second-order valence-electron chi connectivity index (χ2n) is 6.44. The zero-order valence-corrected chi connectivity index (χ0v) is 13.9. The van der Waals surface area contributed by atoms with Crippen LogP contribution >= 0.6 is 0 Å². The molecule has 6 heteroatoms. The van der Waals surface area contributed by atoms with Gasteiger partial charge in [0.2, 0.25) is 11.8 Å². The van der Waals surface area contributed by atoms with Crippen molar-refractivity contribution in [3.63, 3.8) is 0 Å². The van der Waals surface area contributed by atoms with E-state index in [2.05, 4.69) is 15.3 Å². The summed E-state index contributed by atoms with van der Waals surface area (Å²) < 4.78 is 0. The predicted octanol–water partition coefficient (Wildman–Crippen LogP) is 2.10. The van der Waals surface area contributed by atoms with Gasteiger partial charge in [0, 0.05) is 36.7 Å². The SMILES string of the molecule is Cc1cc(NC(=O)C2CC(=O)N(C(C)C)C2)nc(C(C)C)n1. The summed E-state index contributed by atoms with van der Waals surface area (Å²) in [5, 5.41) is 2.83. The van der Waals surface area contributed by atoms with E-state index in [0.717, 1.165) is 5.69 Å². The van der Waals surface area contributed by atoms with Gasteiger partial charge < -0.3 is 10.2 Å². The Bertz CT molecular complexity index is 584. The van der Waals surface area contributed by atoms with Gasteiger partial charge in [0.05, 0.1) is 5.92 Å². The first kappa shape index (κ1) is 16.4. The summed E-state index contributed by atoms with van der Waals surface area (Å²) in [7, 11) is 0. The molecule has 1 N–H and O–H groups in total. The van der Waals surface area contributed by atoms with E-state index in [-0.39, 0.29) is 36.1 Å². The van der Waals surface area contributed by atoms with Gasteiger partial charge in [0.1, 0.15) is 11.6 Å². The molecule has 120 valence electrons. The number of likely N-dealkylation sites (tertiary alicyclic amines) is 1. The Labute approximate surface area is 131 Å². The van der Waals surface area contributed by atoms with E-state index in [9.17, 15) is 9.59 Å².